The molecule has 0 aliphatic carbocycles. The average molecular weight is 260 g/mol. The number of aliphatic hydroxyl groups excluding tert-OH is 1. The molecule has 0 aliphatic rings. The van der Waals surface area contributed by atoms with Crippen LogP contribution >= 0.6 is 0 Å². The van der Waals surface area contributed by atoms with Crippen molar-refractivity contribution < 1.29 is 17.7 Å². The van der Waals surface area contributed by atoms with Gasteiger partial charge in [-0.2, -0.15) is 8.42 Å². The summed E-state index contributed by atoms with van der Waals surface area (Å²) >= 11 is 0. The zero-order chi connectivity index (χ0) is 10.9. The molecule has 0 amide bonds. The molecule has 4 nitrogen and oxygen atoms in total. The summed E-state index contributed by atoms with van der Waals surface area (Å²) in [5.74, 6) is -0.138. The molecule has 6 heteroatoms. The van der Waals surface area contributed by atoms with Crippen LogP contribution < -0.4 is 0 Å². The van der Waals surface area contributed by atoms with Crippen LogP contribution in [0, 0.1) is 0 Å². The van der Waals surface area contributed by atoms with Crippen LogP contribution in [0.5, 0.6) is 0 Å². The van der Waals surface area contributed by atoms with Crippen molar-refractivity contribution in [2.45, 2.75) is 13.3 Å². The molecule has 0 atom stereocenters. The second-order valence-electron chi connectivity index (χ2n) is 2.58. The molecule has 0 aliphatic heterocycles. The van der Waals surface area contributed by atoms with E-state index in [1.165, 1.54) is 0 Å². The van der Waals surface area contributed by atoms with E-state index in [1.807, 2.05) is 13.0 Å². The molecule has 0 spiro atoms. The standard InChI is InChI=1S/C9H16O4S.K.H/c1-2-3-4-5-8-13-14(11,12)9-6-7-10;;/h2-5,10H,6-9H2,1H3;;. The second kappa shape index (κ2) is 11.5. The summed E-state index contributed by atoms with van der Waals surface area (Å²) in [6.07, 6.45) is 7.14. The Labute approximate surface area is 134 Å². The third-order valence-electron chi connectivity index (χ3n) is 1.34. The monoisotopic (exact) mass is 260 g/mol. The number of rotatable bonds is 7. The van der Waals surface area contributed by atoms with E-state index in [1.54, 1.807) is 18.2 Å². The van der Waals surface area contributed by atoms with Gasteiger partial charge in [-0.3, -0.25) is 4.18 Å². The Bertz CT molecular complexity index is 282. The van der Waals surface area contributed by atoms with Crippen molar-refractivity contribution in [3.8, 4) is 0 Å². The molecule has 15 heavy (non-hydrogen) atoms. The first kappa shape index (κ1) is 18.4. The van der Waals surface area contributed by atoms with Crippen LogP contribution in [0.4, 0.5) is 0 Å². The fourth-order valence-electron chi connectivity index (χ4n) is 0.688. The van der Waals surface area contributed by atoms with Gasteiger partial charge in [-0.05, 0) is 13.3 Å². The fourth-order valence-corrected chi connectivity index (χ4v) is 1.57. The molecule has 0 fully saturated rings. The van der Waals surface area contributed by atoms with Crippen LogP contribution in [0.15, 0.2) is 24.3 Å². The van der Waals surface area contributed by atoms with Crippen molar-refractivity contribution in [3.05, 3.63) is 24.3 Å². The molecule has 0 aromatic rings. The van der Waals surface area contributed by atoms with Crippen LogP contribution in [0.2, 0.25) is 0 Å². The van der Waals surface area contributed by atoms with Crippen molar-refractivity contribution >= 4 is 61.5 Å². The molecule has 0 aromatic carbocycles. The third-order valence-corrected chi connectivity index (χ3v) is 2.62. The Morgan fingerprint density at radius 3 is 2.53 bits per heavy atom. The van der Waals surface area contributed by atoms with E-state index in [9.17, 15) is 8.42 Å². The summed E-state index contributed by atoms with van der Waals surface area (Å²) in [5.41, 5.74) is 0. The summed E-state index contributed by atoms with van der Waals surface area (Å²) < 4.78 is 26.7. The maximum atomic E-state index is 11.0. The Kier molecular flexibility index (Phi) is 14.0. The van der Waals surface area contributed by atoms with Crippen molar-refractivity contribution in [2.24, 2.45) is 0 Å². The van der Waals surface area contributed by atoms with E-state index >= 15 is 0 Å². The molecule has 1 N–H and O–H groups in total. The molecule has 0 bridgehead atoms. The minimum atomic E-state index is -3.47. The number of aliphatic hydroxyl groups is 1. The van der Waals surface area contributed by atoms with Gasteiger partial charge in [0, 0.05) is 6.61 Å². The number of hydrogen-bond acceptors (Lipinski definition) is 4. The van der Waals surface area contributed by atoms with E-state index < -0.39 is 10.1 Å². The summed E-state index contributed by atoms with van der Waals surface area (Å²) in [7, 11) is -3.47. The second-order valence-corrected chi connectivity index (χ2v) is 4.34. The number of allylic oxidation sites excluding steroid dienone is 3. The normalized spacial score (nSPS) is 12.1. The van der Waals surface area contributed by atoms with Crippen LogP contribution in [-0.2, 0) is 14.3 Å². The summed E-state index contributed by atoms with van der Waals surface area (Å²) in [5, 5.41) is 8.43. The van der Waals surface area contributed by atoms with Gasteiger partial charge in [0.05, 0.1) is 12.4 Å². The third kappa shape index (κ3) is 12.9. The molecular formula is C9H17KO4S. The molecule has 0 radical (unpaired) electrons. The molecular weight excluding hydrogens is 243 g/mol. The Hall–Kier alpha value is 0.986. The zero-order valence-electron chi connectivity index (χ0n) is 8.22. The van der Waals surface area contributed by atoms with Crippen molar-refractivity contribution in [3.63, 3.8) is 0 Å². The van der Waals surface area contributed by atoms with Gasteiger partial charge in [-0.1, -0.05) is 24.3 Å². The topological polar surface area (TPSA) is 63.6 Å². The predicted molar refractivity (Wildman–Crippen MR) is 62.5 cm³/mol. The minimum absolute atomic E-state index is 0. The van der Waals surface area contributed by atoms with Gasteiger partial charge in [0.25, 0.3) is 10.1 Å². The van der Waals surface area contributed by atoms with Crippen molar-refractivity contribution in [2.75, 3.05) is 19.0 Å². The molecule has 0 saturated carbocycles. The molecule has 0 heterocycles. The van der Waals surface area contributed by atoms with E-state index in [4.69, 9.17) is 5.11 Å². The number of hydrogen-bond donors (Lipinski definition) is 1. The summed E-state index contributed by atoms with van der Waals surface area (Å²) in [6, 6.07) is 0. The van der Waals surface area contributed by atoms with Crippen molar-refractivity contribution in [1.29, 1.82) is 0 Å². The first-order valence-electron chi connectivity index (χ1n) is 4.38. The van der Waals surface area contributed by atoms with Gasteiger partial charge in [0.1, 0.15) is 0 Å². The van der Waals surface area contributed by atoms with Gasteiger partial charge in [-0.25, -0.2) is 0 Å². The first-order valence-corrected chi connectivity index (χ1v) is 5.96. The van der Waals surface area contributed by atoms with Crippen LogP contribution in [0.3, 0.4) is 0 Å². The van der Waals surface area contributed by atoms with E-state index in [0.29, 0.717) is 0 Å². The van der Waals surface area contributed by atoms with Crippen LogP contribution in [-0.4, -0.2) is 83.9 Å². The molecule has 84 valence electrons. The fraction of sp³-hybridized carbons (Fsp3) is 0.556. The van der Waals surface area contributed by atoms with E-state index in [2.05, 4.69) is 4.18 Å². The van der Waals surface area contributed by atoms with Gasteiger partial charge in [-0.15, -0.1) is 0 Å². The SMILES string of the molecule is CC=CC=CCOS(=O)(=O)CCCO.[KH]. The Morgan fingerprint density at radius 2 is 2.00 bits per heavy atom. The molecule has 0 rings (SSSR count). The Morgan fingerprint density at radius 1 is 1.33 bits per heavy atom. The maximum absolute atomic E-state index is 11.0. The van der Waals surface area contributed by atoms with Gasteiger partial charge < -0.3 is 5.11 Å². The molecule has 0 saturated heterocycles. The predicted octanol–water partition coefficient (Wildman–Crippen LogP) is 0.199. The van der Waals surface area contributed by atoms with E-state index in [0.717, 1.165) is 0 Å². The molecule has 0 unspecified atom stereocenters. The summed E-state index contributed by atoms with van der Waals surface area (Å²) in [6.45, 7) is 1.76. The Balaban J connectivity index is 0. The summed E-state index contributed by atoms with van der Waals surface area (Å²) in [4.78, 5) is 0. The molecule has 0 aromatic heterocycles. The van der Waals surface area contributed by atoms with Gasteiger partial charge in [0.2, 0.25) is 0 Å². The quantitative estimate of drug-likeness (QED) is 0.403. The van der Waals surface area contributed by atoms with Crippen LogP contribution in [0.1, 0.15) is 13.3 Å². The van der Waals surface area contributed by atoms with Crippen LogP contribution in [0.25, 0.3) is 0 Å². The zero-order valence-corrected chi connectivity index (χ0v) is 9.03. The van der Waals surface area contributed by atoms with Crippen molar-refractivity contribution in [1.82, 2.24) is 0 Å². The average Bonchev–Trinajstić information content (AvgIpc) is 2.15. The van der Waals surface area contributed by atoms with Gasteiger partial charge >= 0.3 is 51.4 Å². The van der Waals surface area contributed by atoms with E-state index in [-0.39, 0.29) is 76.8 Å². The first-order chi connectivity index (χ1) is 6.62. The van der Waals surface area contributed by atoms with Gasteiger partial charge in [0.15, 0.2) is 0 Å².